The van der Waals surface area contributed by atoms with Crippen LogP contribution in [0.15, 0.2) is 5.38 Å². The Morgan fingerprint density at radius 3 is 2.40 bits per heavy atom. The van der Waals surface area contributed by atoms with Gasteiger partial charge < -0.3 is 10.4 Å². The topological polar surface area (TPSA) is 32.3 Å². The van der Waals surface area contributed by atoms with Crippen molar-refractivity contribution < 1.29 is 5.11 Å². The maximum atomic E-state index is 10.1. The van der Waals surface area contributed by atoms with Crippen molar-refractivity contribution in [3.63, 3.8) is 0 Å². The maximum absolute atomic E-state index is 10.1. The molecule has 0 spiro atoms. The van der Waals surface area contributed by atoms with Crippen LogP contribution in [0.25, 0.3) is 0 Å². The van der Waals surface area contributed by atoms with E-state index in [4.69, 9.17) is 0 Å². The Morgan fingerprint density at radius 1 is 1.15 bits per heavy atom. The van der Waals surface area contributed by atoms with Gasteiger partial charge in [0.05, 0.1) is 0 Å². The number of rotatable bonds is 10. The predicted octanol–water partition coefficient (Wildman–Crippen LogP) is 4.77. The Kier molecular flexibility index (Phi) is 11.5. The van der Waals surface area contributed by atoms with Crippen LogP contribution in [-0.4, -0.2) is 18.2 Å². The number of aryl methyl sites for hydroxylation is 1. The third-order valence-corrected chi connectivity index (χ3v) is 4.97. The molecule has 4 heteroatoms. The zero-order valence-electron chi connectivity index (χ0n) is 13.1. The second kappa shape index (κ2) is 11.6. The molecule has 0 bridgehead atoms. The third-order valence-electron chi connectivity index (χ3n) is 3.67. The van der Waals surface area contributed by atoms with Crippen LogP contribution in [0.3, 0.4) is 0 Å². The highest BCUT2D eigenvalue weighted by Crippen LogP contribution is 2.26. The van der Waals surface area contributed by atoms with Crippen molar-refractivity contribution in [2.75, 3.05) is 13.1 Å². The molecule has 0 saturated heterocycles. The van der Waals surface area contributed by atoms with Crippen molar-refractivity contribution in [2.45, 2.75) is 65.4 Å². The molecule has 1 heterocycles. The number of aliphatic hydroxyl groups excluding tert-OH is 1. The molecular formula is C16H30ClNOS. The van der Waals surface area contributed by atoms with E-state index in [9.17, 15) is 5.11 Å². The first-order valence-corrected chi connectivity index (χ1v) is 8.48. The summed E-state index contributed by atoms with van der Waals surface area (Å²) in [4.78, 5) is 1.12. The van der Waals surface area contributed by atoms with E-state index in [2.05, 4.69) is 31.5 Å². The number of thiophene rings is 1. The molecule has 0 aromatic carbocycles. The van der Waals surface area contributed by atoms with Crippen LogP contribution in [0.4, 0.5) is 0 Å². The van der Waals surface area contributed by atoms with Crippen molar-refractivity contribution in [3.8, 4) is 0 Å². The summed E-state index contributed by atoms with van der Waals surface area (Å²) in [6.45, 7) is 8.14. The van der Waals surface area contributed by atoms with Gasteiger partial charge in [-0.1, -0.05) is 39.0 Å². The molecule has 0 radical (unpaired) electrons. The van der Waals surface area contributed by atoms with Gasteiger partial charge in [0.2, 0.25) is 0 Å². The van der Waals surface area contributed by atoms with Crippen molar-refractivity contribution in [3.05, 3.63) is 21.4 Å². The van der Waals surface area contributed by atoms with Crippen LogP contribution in [0, 0.1) is 13.8 Å². The quantitative estimate of drug-likeness (QED) is 0.609. The smallest absolute Gasteiger partial charge is 0.101 e. The van der Waals surface area contributed by atoms with E-state index in [1.54, 1.807) is 11.3 Å². The Bertz CT molecular complexity index is 354. The summed E-state index contributed by atoms with van der Waals surface area (Å²) in [5.41, 5.74) is 2.54. The fourth-order valence-electron chi connectivity index (χ4n) is 2.21. The van der Waals surface area contributed by atoms with Gasteiger partial charge in [-0.25, -0.2) is 0 Å². The van der Waals surface area contributed by atoms with Gasteiger partial charge in [0.15, 0.2) is 0 Å². The first-order valence-electron chi connectivity index (χ1n) is 7.60. The van der Waals surface area contributed by atoms with Gasteiger partial charge in [-0.05, 0) is 43.3 Å². The second-order valence-corrected chi connectivity index (χ2v) is 6.31. The highest BCUT2D eigenvalue weighted by Gasteiger charge is 2.13. The minimum atomic E-state index is -0.348. The Labute approximate surface area is 134 Å². The van der Waals surface area contributed by atoms with Crippen LogP contribution < -0.4 is 5.32 Å². The van der Waals surface area contributed by atoms with Crippen LogP contribution in [0.2, 0.25) is 0 Å². The average molecular weight is 320 g/mol. The molecule has 118 valence electrons. The Hall–Kier alpha value is -0.0900. The van der Waals surface area contributed by atoms with E-state index in [1.165, 1.54) is 49.7 Å². The lowest BCUT2D eigenvalue weighted by Gasteiger charge is -2.11. The normalized spacial score (nSPS) is 12.2. The van der Waals surface area contributed by atoms with E-state index >= 15 is 0 Å². The molecule has 0 aliphatic rings. The summed E-state index contributed by atoms with van der Waals surface area (Å²) in [6.07, 6.45) is 7.57. The maximum Gasteiger partial charge on any atom is 0.101 e. The van der Waals surface area contributed by atoms with Crippen molar-refractivity contribution >= 4 is 23.7 Å². The summed E-state index contributed by atoms with van der Waals surface area (Å²) >= 11 is 1.67. The van der Waals surface area contributed by atoms with Crippen LogP contribution in [0.1, 0.15) is 67.6 Å². The van der Waals surface area contributed by atoms with Gasteiger partial charge >= 0.3 is 0 Å². The van der Waals surface area contributed by atoms with Crippen LogP contribution in [-0.2, 0) is 0 Å². The molecule has 2 N–H and O–H groups in total. The van der Waals surface area contributed by atoms with Gasteiger partial charge in [0.1, 0.15) is 6.10 Å². The molecule has 1 aromatic rings. The van der Waals surface area contributed by atoms with E-state index < -0.39 is 0 Å². The largest absolute Gasteiger partial charge is 0.386 e. The van der Waals surface area contributed by atoms with Crippen molar-refractivity contribution in [1.29, 1.82) is 0 Å². The fraction of sp³-hybridized carbons (Fsp3) is 0.750. The molecule has 1 unspecified atom stereocenters. The third kappa shape index (κ3) is 7.07. The lowest BCUT2D eigenvalue weighted by molar-refractivity contribution is 0.177. The van der Waals surface area contributed by atoms with E-state index in [0.29, 0.717) is 6.54 Å². The number of halogens is 1. The molecule has 1 atom stereocenters. The average Bonchev–Trinajstić information content (AvgIpc) is 2.73. The monoisotopic (exact) mass is 319 g/mol. The number of hydrogen-bond acceptors (Lipinski definition) is 3. The minimum absolute atomic E-state index is 0. The zero-order valence-corrected chi connectivity index (χ0v) is 14.7. The standard InChI is InChI=1S/C16H29NOS.ClH/c1-4-5-6-7-8-9-10-17-11-15(18)16-14(3)13(2)12-19-16;/h12,15,17-18H,4-11H2,1-3H3;1H. The number of nitrogens with one attached hydrogen (secondary N) is 1. The van der Waals surface area contributed by atoms with Crippen molar-refractivity contribution in [1.82, 2.24) is 5.32 Å². The fourth-order valence-corrected chi connectivity index (χ4v) is 3.27. The number of aliphatic hydroxyl groups is 1. The second-order valence-electron chi connectivity index (χ2n) is 5.40. The first kappa shape index (κ1) is 19.9. The Morgan fingerprint density at radius 2 is 1.80 bits per heavy atom. The molecule has 0 saturated carbocycles. The Balaban J connectivity index is 0.00000361. The van der Waals surface area contributed by atoms with Crippen LogP contribution >= 0.6 is 23.7 Å². The molecule has 1 rings (SSSR count). The molecule has 0 aliphatic heterocycles. The summed E-state index contributed by atoms with van der Waals surface area (Å²) in [5, 5.41) is 15.6. The SMILES string of the molecule is CCCCCCCCNCC(O)c1scc(C)c1C.Cl. The summed E-state index contributed by atoms with van der Waals surface area (Å²) in [6, 6.07) is 0. The van der Waals surface area contributed by atoms with Gasteiger partial charge in [0, 0.05) is 11.4 Å². The molecule has 0 aliphatic carbocycles. The molecule has 1 aromatic heterocycles. The van der Waals surface area contributed by atoms with Gasteiger partial charge in [-0.2, -0.15) is 0 Å². The van der Waals surface area contributed by atoms with Gasteiger partial charge in [-0.15, -0.1) is 23.7 Å². The van der Waals surface area contributed by atoms with Gasteiger partial charge in [0.25, 0.3) is 0 Å². The molecule has 2 nitrogen and oxygen atoms in total. The highest BCUT2D eigenvalue weighted by molar-refractivity contribution is 7.10. The summed E-state index contributed by atoms with van der Waals surface area (Å²) in [5.74, 6) is 0. The molecule has 0 amide bonds. The van der Waals surface area contributed by atoms with Crippen molar-refractivity contribution in [2.24, 2.45) is 0 Å². The zero-order chi connectivity index (χ0) is 14.1. The van der Waals surface area contributed by atoms with E-state index in [-0.39, 0.29) is 18.5 Å². The van der Waals surface area contributed by atoms with E-state index in [0.717, 1.165) is 11.4 Å². The summed E-state index contributed by atoms with van der Waals surface area (Å²) in [7, 11) is 0. The van der Waals surface area contributed by atoms with Crippen LogP contribution in [0.5, 0.6) is 0 Å². The summed E-state index contributed by atoms with van der Waals surface area (Å²) < 4.78 is 0. The molecule has 20 heavy (non-hydrogen) atoms. The van der Waals surface area contributed by atoms with Gasteiger partial charge in [-0.3, -0.25) is 0 Å². The highest BCUT2D eigenvalue weighted by atomic mass is 35.5. The first-order chi connectivity index (χ1) is 9.16. The minimum Gasteiger partial charge on any atom is -0.386 e. The molecule has 0 fully saturated rings. The van der Waals surface area contributed by atoms with E-state index in [1.807, 2.05) is 0 Å². The molecular weight excluding hydrogens is 290 g/mol. The number of unbranched alkanes of at least 4 members (excludes halogenated alkanes) is 5. The lowest BCUT2D eigenvalue weighted by Crippen LogP contribution is -2.22. The predicted molar refractivity (Wildman–Crippen MR) is 92.2 cm³/mol. The number of hydrogen-bond donors (Lipinski definition) is 2. The lowest BCUT2D eigenvalue weighted by atomic mass is 10.1.